The Bertz CT molecular complexity index is 324. The third-order valence-corrected chi connectivity index (χ3v) is 4.47. The van der Waals surface area contributed by atoms with Crippen LogP contribution in [0.25, 0.3) is 0 Å². The molecule has 2 aliphatic carbocycles. The molecule has 0 aliphatic heterocycles. The van der Waals surface area contributed by atoms with Crippen molar-refractivity contribution in [2.45, 2.75) is 53.4 Å². The van der Waals surface area contributed by atoms with Crippen LogP contribution in [0.15, 0.2) is 11.6 Å². The van der Waals surface area contributed by atoms with Crippen LogP contribution in [0.5, 0.6) is 0 Å². The molecule has 0 unspecified atom stereocenters. The van der Waals surface area contributed by atoms with Gasteiger partial charge in [0.25, 0.3) is 0 Å². The maximum absolute atomic E-state index is 12.3. The molecule has 0 bridgehead atoms. The van der Waals surface area contributed by atoms with Gasteiger partial charge in [-0.3, -0.25) is 4.79 Å². The molecule has 2 rings (SSSR count). The largest absolute Gasteiger partial charge is 0.298 e. The fraction of sp³-hybridized carbons (Fsp3) is 0.786. The van der Waals surface area contributed by atoms with E-state index in [0.717, 1.165) is 12.8 Å². The van der Waals surface area contributed by atoms with Gasteiger partial charge in [0.1, 0.15) is 5.78 Å². The molecule has 0 radical (unpaired) electrons. The first-order valence-electron chi connectivity index (χ1n) is 6.13. The lowest BCUT2D eigenvalue weighted by molar-refractivity contribution is -0.132. The molecule has 2 atom stereocenters. The summed E-state index contributed by atoms with van der Waals surface area (Å²) < 4.78 is 0. The summed E-state index contributed by atoms with van der Waals surface area (Å²) in [7, 11) is 0. The van der Waals surface area contributed by atoms with E-state index >= 15 is 0 Å². The van der Waals surface area contributed by atoms with Crippen molar-refractivity contribution >= 4 is 5.78 Å². The van der Waals surface area contributed by atoms with E-state index < -0.39 is 0 Å². The summed E-state index contributed by atoms with van der Waals surface area (Å²) in [5.74, 6) is 0.709. The molecule has 0 aromatic heterocycles. The zero-order valence-electron chi connectivity index (χ0n) is 10.4. The molecule has 0 saturated heterocycles. The van der Waals surface area contributed by atoms with E-state index in [1.165, 1.54) is 18.4 Å². The standard InChI is InChI=1S/C14H22O/c1-10-6-7-11-13(2,3)8-5-9-14(11,4)12(10)15/h7,10H,5-6,8-9H2,1-4H3/t10-,14+/m0/s1. The number of allylic oxidation sites excluding steroid dienone is 2. The Morgan fingerprint density at radius 3 is 2.60 bits per heavy atom. The van der Waals surface area contributed by atoms with Gasteiger partial charge in [-0.1, -0.05) is 38.8 Å². The monoisotopic (exact) mass is 206 g/mol. The highest BCUT2D eigenvalue weighted by Gasteiger charge is 2.48. The van der Waals surface area contributed by atoms with Crippen LogP contribution in [0.4, 0.5) is 0 Å². The van der Waals surface area contributed by atoms with Crippen molar-refractivity contribution in [2.75, 3.05) is 0 Å². The maximum Gasteiger partial charge on any atom is 0.145 e. The molecule has 0 heterocycles. The van der Waals surface area contributed by atoms with Crippen LogP contribution < -0.4 is 0 Å². The SMILES string of the molecule is C[C@H]1CC=C2C(C)(C)CCC[C@@]2(C)C1=O. The average molecular weight is 206 g/mol. The van der Waals surface area contributed by atoms with Gasteiger partial charge in [-0.25, -0.2) is 0 Å². The number of rotatable bonds is 0. The predicted molar refractivity (Wildman–Crippen MR) is 62.6 cm³/mol. The van der Waals surface area contributed by atoms with Crippen LogP contribution in [-0.4, -0.2) is 5.78 Å². The smallest absolute Gasteiger partial charge is 0.145 e. The molecule has 84 valence electrons. The summed E-state index contributed by atoms with van der Waals surface area (Å²) in [6, 6.07) is 0. The van der Waals surface area contributed by atoms with Crippen LogP contribution >= 0.6 is 0 Å². The Kier molecular flexibility index (Phi) is 2.33. The fourth-order valence-electron chi connectivity index (χ4n) is 3.60. The van der Waals surface area contributed by atoms with Gasteiger partial charge in [0.2, 0.25) is 0 Å². The van der Waals surface area contributed by atoms with Gasteiger partial charge in [-0.15, -0.1) is 0 Å². The first-order chi connectivity index (χ1) is 6.88. The number of Topliss-reactive ketones (excluding diaryl/α,β-unsaturated/α-hetero) is 1. The van der Waals surface area contributed by atoms with Crippen LogP contribution in [-0.2, 0) is 4.79 Å². The molecule has 0 spiro atoms. The summed E-state index contributed by atoms with van der Waals surface area (Å²) in [5, 5.41) is 0. The van der Waals surface area contributed by atoms with Crippen molar-refractivity contribution in [2.24, 2.45) is 16.7 Å². The molecule has 0 amide bonds. The Hall–Kier alpha value is -0.590. The van der Waals surface area contributed by atoms with Gasteiger partial charge >= 0.3 is 0 Å². The lowest BCUT2D eigenvalue weighted by atomic mass is 9.55. The fourth-order valence-corrected chi connectivity index (χ4v) is 3.60. The number of carbonyl (C=O) groups is 1. The Labute approximate surface area is 92.9 Å². The minimum atomic E-state index is -0.139. The van der Waals surface area contributed by atoms with Gasteiger partial charge in [0.05, 0.1) is 0 Å². The molecule has 15 heavy (non-hydrogen) atoms. The van der Waals surface area contributed by atoms with Crippen LogP contribution in [0.1, 0.15) is 53.4 Å². The van der Waals surface area contributed by atoms with E-state index in [0.29, 0.717) is 5.78 Å². The highest BCUT2D eigenvalue weighted by atomic mass is 16.1. The van der Waals surface area contributed by atoms with Gasteiger partial charge in [0.15, 0.2) is 0 Å². The van der Waals surface area contributed by atoms with E-state index in [2.05, 4.69) is 33.8 Å². The molecule has 1 fully saturated rings. The molecular weight excluding hydrogens is 184 g/mol. The first kappa shape index (κ1) is 10.9. The van der Waals surface area contributed by atoms with Gasteiger partial charge in [0, 0.05) is 11.3 Å². The second-order valence-corrected chi connectivity index (χ2v) is 6.19. The highest BCUT2D eigenvalue weighted by Crippen LogP contribution is 2.54. The molecule has 0 N–H and O–H groups in total. The molecule has 0 aromatic carbocycles. The second kappa shape index (κ2) is 3.20. The predicted octanol–water partition coefficient (Wildman–Crippen LogP) is 3.74. The summed E-state index contributed by atoms with van der Waals surface area (Å²) in [5.41, 5.74) is 1.52. The number of hydrogen-bond acceptors (Lipinski definition) is 1. The zero-order chi connectivity index (χ0) is 11.3. The Morgan fingerprint density at radius 2 is 1.93 bits per heavy atom. The molecule has 1 nitrogen and oxygen atoms in total. The number of carbonyl (C=O) groups excluding carboxylic acids is 1. The van der Waals surface area contributed by atoms with Crippen molar-refractivity contribution < 1.29 is 4.79 Å². The normalized spacial score (nSPS) is 39.6. The average Bonchev–Trinajstić information content (AvgIpc) is 2.12. The van der Waals surface area contributed by atoms with Crippen LogP contribution in [0.2, 0.25) is 0 Å². The third kappa shape index (κ3) is 1.47. The minimum absolute atomic E-state index is 0.139. The topological polar surface area (TPSA) is 17.1 Å². The van der Waals surface area contributed by atoms with E-state index in [4.69, 9.17) is 0 Å². The van der Waals surface area contributed by atoms with Crippen molar-refractivity contribution in [3.05, 3.63) is 11.6 Å². The molecular formula is C14H22O. The molecule has 0 aromatic rings. The van der Waals surface area contributed by atoms with Crippen LogP contribution in [0, 0.1) is 16.7 Å². The van der Waals surface area contributed by atoms with Gasteiger partial charge in [-0.05, 0) is 31.6 Å². The summed E-state index contributed by atoms with van der Waals surface area (Å²) in [4.78, 5) is 12.3. The number of hydrogen-bond donors (Lipinski definition) is 0. The summed E-state index contributed by atoms with van der Waals surface area (Å²) >= 11 is 0. The summed E-state index contributed by atoms with van der Waals surface area (Å²) in [6.07, 6.45) is 6.79. The molecule has 1 saturated carbocycles. The van der Waals surface area contributed by atoms with E-state index in [9.17, 15) is 4.79 Å². The van der Waals surface area contributed by atoms with Crippen molar-refractivity contribution in [1.82, 2.24) is 0 Å². The Balaban J connectivity index is 2.47. The summed E-state index contributed by atoms with van der Waals surface area (Å²) in [6.45, 7) is 8.82. The lowest BCUT2D eigenvalue weighted by Gasteiger charge is -2.48. The maximum atomic E-state index is 12.3. The zero-order valence-corrected chi connectivity index (χ0v) is 10.4. The first-order valence-corrected chi connectivity index (χ1v) is 6.13. The Morgan fingerprint density at radius 1 is 1.27 bits per heavy atom. The second-order valence-electron chi connectivity index (χ2n) is 6.19. The molecule has 2 aliphatic rings. The number of fused-ring (bicyclic) bond motifs is 1. The van der Waals surface area contributed by atoms with Gasteiger partial charge < -0.3 is 0 Å². The minimum Gasteiger partial charge on any atom is -0.298 e. The van der Waals surface area contributed by atoms with Gasteiger partial charge in [-0.2, -0.15) is 0 Å². The van der Waals surface area contributed by atoms with E-state index in [-0.39, 0.29) is 16.7 Å². The van der Waals surface area contributed by atoms with E-state index in [1.54, 1.807) is 0 Å². The van der Waals surface area contributed by atoms with Crippen molar-refractivity contribution in [3.63, 3.8) is 0 Å². The third-order valence-electron chi connectivity index (χ3n) is 4.47. The quantitative estimate of drug-likeness (QED) is 0.552. The van der Waals surface area contributed by atoms with Crippen molar-refractivity contribution in [3.8, 4) is 0 Å². The molecule has 1 heteroatoms. The van der Waals surface area contributed by atoms with Crippen molar-refractivity contribution in [1.29, 1.82) is 0 Å². The number of ketones is 1. The van der Waals surface area contributed by atoms with Crippen LogP contribution in [0.3, 0.4) is 0 Å². The highest BCUT2D eigenvalue weighted by molar-refractivity contribution is 5.91. The van der Waals surface area contributed by atoms with E-state index in [1.807, 2.05) is 0 Å². The lowest BCUT2D eigenvalue weighted by Crippen LogP contribution is -2.44.